The number of benzene rings is 1. The topological polar surface area (TPSA) is 33.1 Å². The summed E-state index contributed by atoms with van der Waals surface area (Å²) < 4.78 is 1.88. The predicted molar refractivity (Wildman–Crippen MR) is 106 cm³/mol. The lowest BCUT2D eigenvalue weighted by atomic mass is 9.90. The highest BCUT2D eigenvalue weighted by Crippen LogP contribution is 2.40. The van der Waals surface area contributed by atoms with Crippen molar-refractivity contribution in [2.24, 2.45) is 13.0 Å². The van der Waals surface area contributed by atoms with Crippen LogP contribution in [0.5, 0.6) is 0 Å². The zero-order valence-electron chi connectivity index (χ0n) is 15.4. The monoisotopic (exact) mass is 360 g/mol. The predicted octanol–water partition coefficient (Wildman–Crippen LogP) is 4.38. The van der Waals surface area contributed by atoms with Crippen molar-refractivity contribution in [3.05, 3.63) is 41.7 Å². The van der Waals surface area contributed by atoms with Gasteiger partial charge >= 0.3 is 0 Å². The molecule has 0 spiro atoms. The van der Waals surface area contributed by atoms with Crippen LogP contribution in [0.4, 0.5) is 11.4 Å². The van der Waals surface area contributed by atoms with Gasteiger partial charge in [0.25, 0.3) is 0 Å². The van der Waals surface area contributed by atoms with Gasteiger partial charge in [0.15, 0.2) is 0 Å². The first kappa shape index (κ1) is 18.3. The van der Waals surface area contributed by atoms with Crippen LogP contribution in [0.2, 0.25) is 0 Å². The molecule has 1 unspecified atom stereocenters. The smallest absolute Gasteiger partial charge is 0.0799 e. The quantitative estimate of drug-likeness (QED) is 0.859. The molecule has 2 aliphatic rings. The van der Waals surface area contributed by atoms with E-state index in [0.717, 1.165) is 24.6 Å². The van der Waals surface area contributed by atoms with Gasteiger partial charge in [0.1, 0.15) is 0 Å². The fourth-order valence-electron chi connectivity index (χ4n) is 3.95. The average molecular weight is 361 g/mol. The van der Waals surface area contributed by atoms with Crippen LogP contribution in [-0.4, -0.2) is 22.4 Å². The van der Waals surface area contributed by atoms with E-state index in [1.165, 1.54) is 36.1 Å². The Morgan fingerprint density at radius 1 is 1.28 bits per heavy atom. The number of hydrogen-bond acceptors (Lipinski definition) is 3. The summed E-state index contributed by atoms with van der Waals surface area (Å²) in [7, 11) is 1.98. The van der Waals surface area contributed by atoms with Crippen LogP contribution in [-0.2, 0) is 13.5 Å². The third-order valence-corrected chi connectivity index (χ3v) is 5.32. The summed E-state index contributed by atoms with van der Waals surface area (Å²) in [5.74, 6) is 0.941. The third kappa shape index (κ3) is 3.85. The number of anilines is 2. The Hall–Kier alpha value is -1.52. The molecule has 0 radical (unpaired) electrons. The van der Waals surface area contributed by atoms with Crippen LogP contribution >= 0.6 is 12.4 Å². The normalized spacial score (nSPS) is 19.4. The molecule has 5 heteroatoms. The van der Waals surface area contributed by atoms with Crippen molar-refractivity contribution in [3.63, 3.8) is 0 Å². The maximum absolute atomic E-state index is 4.36. The van der Waals surface area contributed by atoms with E-state index in [1.54, 1.807) is 0 Å². The molecule has 1 atom stereocenters. The molecule has 4 rings (SSSR count). The first-order chi connectivity index (χ1) is 11.6. The Morgan fingerprint density at radius 2 is 2.08 bits per heavy atom. The maximum atomic E-state index is 4.36. The number of aromatic nitrogens is 2. The Balaban J connectivity index is 0.00000182. The van der Waals surface area contributed by atoms with Crippen LogP contribution in [0.3, 0.4) is 0 Å². The Kier molecular flexibility index (Phi) is 5.40. The van der Waals surface area contributed by atoms with Crippen molar-refractivity contribution in [2.45, 2.75) is 51.6 Å². The Bertz CT molecular complexity index is 720. The number of halogens is 1. The van der Waals surface area contributed by atoms with Crippen LogP contribution in [0.25, 0.3) is 0 Å². The second-order valence-electron chi connectivity index (χ2n) is 7.65. The minimum Gasteiger partial charge on any atom is -0.336 e. The van der Waals surface area contributed by atoms with Crippen LogP contribution in [0.1, 0.15) is 50.3 Å². The van der Waals surface area contributed by atoms with Crippen molar-refractivity contribution in [3.8, 4) is 0 Å². The fourth-order valence-corrected chi connectivity index (χ4v) is 3.95. The number of hydrogen-bond donors (Lipinski definition) is 1. The number of aryl methyl sites for hydroxylation is 1. The lowest BCUT2D eigenvalue weighted by molar-refractivity contribution is 0.453. The highest BCUT2D eigenvalue weighted by atomic mass is 35.5. The van der Waals surface area contributed by atoms with Crippen molar-refractivity contribution >= 4 is 23.8 Å². The molecule has 0 bridgehead atoms. The summed E-state index contributed by atoms with van der Waals surface area (Å²) in [6, 6.07) is 7.97. The molecule has 1 aromatic heterocycles. The van der Waals surface area contributed by atoms with Crippen molar-refractivity contribution in [1.29, 1.82) is 0 Å². The average Bonchev–Trinajstić information content (AvgIpc) is 3.28. The Morgan fingerprint density at radius 3 is 2.72 bits per heavy atom. The molecule has 1 aliphatic carbocycles. The van der Waals surface area contributed by atoms with Gasteiger partial charge in [-0.2, -0.15) is 5.10 Å². The maximum Gasteiger partial charge on any atom is 0.0799 e. The minimum absolute atomic E-state index is 0. The zero-order valence-corrected chi connectivity index (χ0v) is 16.2. The van der Waals surface area contributed by atoms with Crippen molar-refractivity contribution in [2.75, 3.05) is 11.4 Å². The third-order valence-electron chi connectivity index (χ3n) is 5.32. The van der Waals surface area contributed by atoms with E-state index in [0.29, 0.717) is 12.1 Å². The molecule has 4 nitrogen and oxygen atoms in total. The van der Waals surface area contributed by atoms with Gasteiger partial charge in [-0.15, -0.1) is 12.4 Å². The van der Waals surface area contributed by atoms with Crippen molar-refractivity contribution < 1.29 is 0 Å². The molecular formula is C20H29ClN4. The van der Waals surface area contributed by atoms with E-state index in [1.807, 2.05) is 17.9 Å². The molecule has 1 saturated carbocycles. The Labute approximate surface area is 157 Å². The van der Waals surface area contributed by atoms with Gasteiger partial charge in [0, 0.05) is 31.0 Å². The summed E-state index contributed by atoms with van der Waals surface area (Å²) >= 11 is 0. The number of rotatable bonds is 5. The second kappa shape index (κ2) is 7.38. The molecule has 2 heterocycles. The highest BCUT2D eigenvalue weighted by molar-refractivity contribution is 5.85. The van der Waals surface area contributed by atoms with E-state index in [9.17, 15) is 0 Å². The SMILES string of the molecule is CC(C)N(c1ccc2c(c1)C(CC1CC1)NCC2)c1cnn(C)c1.Cl. The lowest BCUT2D eigenvalue weighted by Crippen LogP contribution is -2.31. The molecule has 1 fully saturated rings. The number of nitrogens with one attached hydrogen (secondary N) is 1. The van der Waals surface area contributed by atoms with Crippen LogP contribution in [0.15, 0.2) is 30.6 Å². The zero-order chi connectivity index (χ0) is 16.7. The molecule has 136 valence electrons. The van der Waals surface area contributed by atoms with Gasteiger partial charge in [-0.3, -0.25) is 4.68 Å². The fraction of sp³-hybridized carbons (Fsp3) is 0.550. The summed E-state index contributed by atoms with van der Waals surface area (Å²) in [4.78, 5) is 2.38. The second-order valence-corrected chi connectivity index (χ2v) is 7.65. The molecular weight excluding hydrogens is 332 g/mol. The number of nitrogens with zero attached hydrogens (tertiary/aromatic N) is 3. The van der Waals surface area contributed by atoms with Gasteiger partial charge < -0.3 is 10.2 Å². The highest BCUT2D eigenvalue weighted by Gasteiger charge is 2.29. The first-order valence-corrected chi connectivity index (χ1v) is 9.26. The van der Waals surface area contributed by atoms with Crippen LogP contribution in [0, 0.1) is 5.92 Å². The van der Waals surface area contributed by atoms with E-state index < -0.39 is 0 Å². The van der Waals surface area contributed by atoms with E-state index in [-0.39, 0.29) is 12.4 Å². The molecule has 2 aromatic rings. The van der Waals surface area contributed by atoms with E-state index in [4.69, 9.17) is 0 Å². The summed E-state index contributed by atoms with van der Waals surface area (Å²) in [6.45, 7) is 5.60. The molecule has 1 aliphatic heterocycles. The van der Waals surface area contributed by atoms with Gasteiger partial charge in [-0.05, 0) is 62.4 Å². The molecule has 1 aromatic carbocycles. The van der Waals surface area contributed by atoms with Crippen molar-refractivity contribution in [1.82, 2.24) is 15.1 Å². The van der Waals surface area contributed by atoms with E-state index >= 15 is 0 Å². The largest absolute Gasteiger partial charge is 0.336 e. The first-order valence-electron chi connectivity index (χ1n) is 9.26. The molecule has 0 amide bonds. The summed E-state index contributed by atoms with van der Waals surface area (Å²) in [5, 5.41) is 8.11. The van der Waals surface area contributed by atoms with Gasteiger partial charge in [-0.1, -0.05) is 18.9 Å². The summed E-state index contributed by atoms with van der Waals surface area (Å²) in [6.07, 6.45) is 9.33. The van der Waals surface area contributed by atoms with Gasteiger partial charge in [0.2, 0.25) is 0 Å². The van der Waals surface area contributed by atoms with Crippen LogP contribution < -0.4 is 10.2 Å². The standard InChI is InChI=1S/C20H28N4.ClH/c1-14(2)24(18-12-22-23(3)13-18)17-7-6-16-8-9-21-20(19(16)11-17)10-15-4-5-15;/h6-7,11-15,20-21H,4-5,8-10H2,1-3H3;1H. The lowest BCUT2D eigenvalue weighted by Gasteiger charge is -2.32. The van der Waals surface area contributed by atoms with Gasteiger partial charge in [-0.25, -0.2) is 0 Å². The minimum atomic E-state index is 0. The molecule has 25 heavy (non-hydrogen) atoms. The number of fused-ring (bicyclic) bond motifs is 1. The molecule has 1 N–H and O–H groups in total. The van der Waals surface area contributed by atoms with Gasteiger partial charge in [0.05, 0.1) is 11.9 Å². The molecule has 0 saturated heterocycles. The van der Waals surface area contributed by atoms with E-state index in [2.05, 4.69) is 53.6 Å². The summed E-state index contributed by atoms with van der Waals surface area (Å²) in [5.41, 5.74) is 5.48.